The first kappa shape index (κ1) is 18.8. The summed E-state index contributed by atoms with van der Waals surface area (Å²) in [5.74, 6) is 0.821. The maximum absolute atomic E-state index is 13.1. The summed E-state index contributed by atoms with van der Waals surface area (Å²) in [5, 5.41) is 6.44. The van der Waals surface area contributed by atoms with Crippen molar-refractivity contribution in [2.45, 2.75) is 19.8 Å². The summed E-state index contributed by atoms with van der Waals surface area (Å²) in [6.07, 6.45) is 0. The molecule has 1 amide bonds. The van der Waals surface area contributed by atoms with Crippen molar-refractivity contribution in [1.29, 1.82) is 0 Å². The maximum Gasteiger partial charge on any atom is 0.262 e. The van der Waals surface area contributed by atoms with Gasteiger partial charge in [0.25, 0.3) is 11.8 Å². The first-order chi connectivity index (χ1) is 12.9. The van der Waals surface area contributed by atoms with Gasteiger partial charge >= 0.3 is 0 Å². The number of rotatable bonds is 6. The van der Waals surface area contributed by atoms with Gasteiger partial charge in [-0.15, -0.1) is 0 Å². The zero-order valence-corrected chi connectivity index (χ0v) is 15.5. The molecule has 1 N–H and O–H groups in total. The molecule has 6 nitrogen and oxygen atoms in total. The lowest BCUT2D eigenvalue weighted by molar-refractivity contribution is -0.118. The number of aromatic nitrogens is 2. The second kappa shape index (κ2) is 8.18. The van der Waals surface area contributed by atoms with Crippen LogP contribution in [-0.4, -0.2) is 22.7 Å². The van der Waals surface area contributed by atoms with E-state index in [1.165, 1.54) is 18.2 Å². The van der Waals surface area contributed by atoms with Gasteiger partial charge in [-0.25, -0.2) is 4.39 Å². The van der Waals surface area contributed by atoms with Gasteiger partial charge in [0.15, 0.2) is 12.4 Å². The van der Waals surface area contributed by atoms with Gasteiger partial charge in [-0.05, 0) is 42.5 Å². The lowest BCUT2D eigenvalue weighted by atomic mass is 10.2. The maximum atomic E-state index is 13.1. The van der Waals surface area contributed by atoms with Crippen molar-refractivity contribution in [3.63, 3.8) is 0 Å². The van der Waals surface area contributed by atoms with Crippen molar-refractivity contribution in [2.75, 3.05) is 11.9 Å². The molecule has 1 heterocycles. The third-order valence-corrected chi connectivity index (χ3v) is 3.92. The van der Waals surface area contributed by atoms with Crippen molar-refractivity contribution in [3.05, 3.63) is 59.1 Å². The number of halogens is 2. The molecule has 0 aliphatic carbocycles. The van der Waals surface area contributed by atoms with Crippen molar-refractivity contribution in [1.82, 2.24) is 10.1 Å². The number of hydrogen-bond acceptors (Lipinski definition) is 5. The quantitative estimate of drug-likeness (QED) is 0.662. The number of carbonyl (C=O) groups excluding carboxylic acids is 1. The molecule has 140 valence electrons. The Morgan fingerprint density at radius 1 is 1.26 bits per heavy atom. The summed E-state index contributed by atoms with van der Waals surface area (Å²) >= 11 is 5.68. The normalized spacial score (nSPS) is 10.9. The molecule has 0 aliphatic rings. The van der Waals surface area contributed by atoms with Crippen LogP contribution in [0, 0.1) is 5.82 Å². The van der Waals surface area contributed by atoms with Gasteiger partial charge in [-0.2, -0.15) is 4.98 Å². The molecule has 0 radical (unpaired) electrons. The standard InChI is InChI=1S/C19H17ClFN3O3/c1-11(2)18-23-19(27-24-18)12-3-6-14(7-4-12)26-10-17(25)22-13-5-8-16(21)15(20)9-13/h3-9,11H,10H2,1-2H3,(H,22,25). The summed E-state index contributed by atoms with van der Waals surface area (Å²) in [4.78, 5) is 16.3. The highest BCUT2D eigenvalue weighted by Gasteiger charge is 2.12. The highest BCUT2D eigenvalue weighted by molar-refractivity contribution is 6.31. The minimum absolute atomic E-state index is 0.0639. The molecular formula is C19H17ClFN3O3. The third kappa shape index (κ3) is 4.83. The van der Waals surface area contributed by atoms with Gasteiger partial charge < -0.3 is 14.6 Å². The summed E-state index contributed by atoms with van der Waals surface area (Å²) < 4.78 is 23.8. The Balaban J connectivity index is 1.56. The number of anilines is 1. The Bertz CT molecular complexity index is 942. The molecule has 0 fully saturated rings. The molecule has 3 aromatic rings. The van der Waals surface area contributed by atoms with Gasteiger partial charge in [0, 0.05) is 17.2 Å². The van der Waals surface area contributed by atoms with E-state index in [1.54, 1.807) is 24.3 Å². The molecule has 0 unspecified atom stereocenters. The molecular weight excluding hydrogens is 373 g/mol. The van der Waals surface area contributed by atoms with Crippen molar-refractivity contribution in [3.8, 4) is 17.2 Å². The number of hydrogen-bond donors (Lipinski definition) is 1. The highest BCUT2D eigenvalue weighted by Crippen LogP contribution is 2.23. The first-order valence-electron chi connectivity index (χ1n) is 8.24. The average Bonchev–Trinajstić information content (AvgIpc) is 3.14. The number of amides is 1. The number of carbonyl (C=O) groups is 1. The first-order valence-corrected chi connectivity index (χ1v) is 8.62. The van der Waals surface area contributed by atoms with Crippen LogP contribution in [0.5, 0.6) is 5.75 Å². The summed E-state index contributed by atoms with van der Waals surface area (Å²) in [6, 6.07) is 10.9. The Morgan fingerprint density at radius 3 is 2.63 bits per heavy atom. The minimum atomic E-state index is -0.548. The molecule has 0 atom stereocenters. The van der Waals surface area contributed by atoms with Crippen molar-refractivity contribution in [2.24, 2.45) is 0 Å². The largest absolute Gasteiger partial charge is 0.484 e. The molecule has 0 spiro atoms. The molecule has 3 rings (SSSR count). The zero-order valence-electron chi connectivity index (χ0n) is 14.7. The smallest absolute Gasteiger partial charge is 0.262 e. The van der Waals surface area contributed by atoms with Crippen LogP contribution < -0.4 is 10.1 Å². The van der Waals surface area contributed by atoms with Crippen molar-refractivity contribution >= 4 is 23.2 Å². The predicted molar refractivity (Wildman–Crippen MR) is 99.4 cm³/mol. The lowest BCUT2D eigenvalue weighted by Crippen LogP contribution is -2.20. The SMILES string of the molecule is CC(C)c1noc(-c2ccc(OCC(=O)Nc3ccc(F)c(Cl)c3)cc2)n1. The van der Waals surface area contributed by atoms with Crippen LogP contribution in [0.25, 0.3) is 11.5 Å². The fourth-order valence-electron chi connectivity index (χ4n) is 2.20. The van der Waals surface area contributed by atoms with Gasteiger partial charge in [-0.3, -0.25) is 4.79 Å². The molecule has 27 heavy (non-hydrogen) atoms. The van der Waals surface area contributed by atoms with Crippen LogP contribution in [0.2, 0.25) is 5.02 Å². The van der Waals surface area contributed by atoms with E-state index in [1.807, 2.05) is 13.8 Å². The fourth-order valence-corrected chi connectivity index (χ4v) is 2.38. The van der Waals surface area contributed by atoms with Crippen molar-refractivity contribution < 1.29 is 18.4 Å². The van der Waals surface area contributed by atoms with Crippen LogP contribution >= 0.6 is 11.6 Å². The van der Waals surface area contributed by atoms with Crippen LogP contribution in [0.15, 0.2) is 47.0 Å². The van der Waals surface area contributed by atoms with Crippen LogP contribution in [0.4, 0.5) is 10.1 Å². The van der Waals surface area contributed by atoms with Crippen LogP contribution in [0.3, 0.4) is 0 Å². The zero-order chi connectivity index (χ0) is 19.4. The van der Waals surface area contributed by atoms with E-state index in [9.17, 15) is 9.18 Å². The molecule has 0 bridgehead atoms. The van der Waals surface area contributed by atoms with Gasteiger partial charge in [0.05, 0.1) is 5.02 Å². The van der Waals surface area contributed by atoms with Gasteiger partial charge in [-0.1, -0.05) is 30.6 Å². The number of benzene rings is 2. The minimum Gasteiger partial charge on any atom is -0.484 e. The Morgan fingerprint density at radius 2 is 2.00 bits per heavy atom. The predicted octanol–water partition coefficient (Wildman–Crippen LogP) is 4.67. The summed E-state index contributed by atoms with van der Waals surface area (Å²) in [7, 11) is 0. The van der Waals surface area contributed by atoms with Gasteiger partial charge in [0.2, 0.25) is 0 Å². The topological polar surface area (TPSA) is 77.2 Å². The van der Waals surface area contributed by atoms with E-state index in [0.29, 0.717) is 23.2 Å². The Hall–Kier alpha value is -2.93. The molecule has 0 saturated heterocycles. The average molecular weight is 390 g/mol. The second-order valence-corrected chi connectivity index (χ2v) is 6.51. The lowest BCUT2D eigenvalue weighted by Gasteiger charge is -2.08. The Kier molecular flexibility index (Phi) is 5.71. The van der Waals surface area contributed by atoms with E-state index in [-0.39, 0.29) is 23.5 Å². The molecule has 0 saturated carbocycles. The molecule has 2 aromatic carbocycles. The van der Waals surface area contributed by atoms with E-state index < -0.39 is 5.82 Å². The van der Waals surface area contributed by atoms with E-state index in [2.05, 4.69) is 15.5 Å². The van der Waals surface area contributed by atoms with E-state index in [4.69, 9.17) is 20.9 Å². The van der Waals surface area contributed by atoms with Crippen LogP contribution in [0.1, 0.15) is 25.6 Å². The Labute approximate surface area is 160 Å². The van der Waals surface area contributed by atoms with E-state index in [0.717, 1.165) is 5.56 Å². The molecule has 0 aliphatic heterocycles. The summed E-state index contributed by atoms with van der Waals surface area (Å²) in [5.41, 5.74) is 1.15. The molecule has 8 heteroatoms. The molecule has 1 aromatic heterocycles. The third-order valence-electron chi connectivity index (χ3n) is 3.63. The number of nitrogens with one attached hydrogen (secondary N) is 1. The van der Waals surface area contributed by atoms with E-state index >= 15 is 0 Å². The fraction of sp³-hybridized carbons (Fsp3) is 0.211. The number of ether oxygens (including phenoxy) is 1. The highest BCUT2D eigenvalue weighted by atomic mass is 35.5. The monoisotopic (exact) mass is 389 g/mol. The summed E-state index contributed by atoms with van der Waals surface area (Å²) in [6.45, 7) is 3.76. The van der Waals surface area contributed by atoms with Crippen LogP contribution in [-0.2, 0) is 4.79 Å². The second-order valence-electron chi connectivity index (χ2n) is 6.10. The van der Waals surface area contributed by atoms with Gasteiger partial charge in [0.1, 0.15) is 11.6 Å². The number of nitrogens with zero attached hydrogens (tertiary/aromatic N) is 2.